The summed E-state index contributed by atoms with van der Waals surface area (Å²) in [7, 11) is 0. The molecule has 0 heterocycles. The molecule has 0 saturated carbocycles. The van der Waals surface area contributed by atoms with Crippen LogP contribution in [0.2, 0.25) is 0 Å². The van der Waals surface area contributed by atoms with Gasteiger partial charge in [-0.05, 0) is 17.9 Å². The molecule has 1 atom stereocenters. The summed E-state index contributed by atoms with van der Waals surface area (Å²) in [6.07, 6.45) is 14.0. The summed E-state index contributed by atoms with van der Waals surface area (Å²) in [4.78, 5) is 0. The van der Waals surface area contributed by atoms with Crippen LogP contribution in [0.4, 0.5) is 0 Å². The Labute approximate surface area is 133 Å². The van der Waals surface area contributed by atoms with Gasteiger partial charge in [0.1, 0.15) is 0 Å². The molecule has 19 heavy (non-hydrogen) atoms. The molecule has 1 heteroatoms. The molecule has 0 fully saturated rings. The van der Waals surface area contributed by atoms with Gasteiger partial charge in [0.15, 0.2) is 0 Å². The maximum Gasteiger partial charge on any atom is 0 e. The first-order chi connectivity index (χ1) is 8.52. The molecule has 0 aliphatic heterocycles. The molecule has 0 amide bonds. The smallest absolute Gasteiger partial charge is 0 e. The van der Waals surface area contributed by atoms with E-state index in [4.69, 9.17) is 0 Å². The van der Waals surface area contributed by atoms with Crippen molar-refractivity contribution in [3.63, 3.8) is 0 Å². The number of hydrogen-bond acceptors (Lipinski definition) is 0. The van der Waals surface area contributed by atoms with E-state index >= 15 is 0 Å². The van der Waals surface area contributed by atoms with E-state index in [-0.39, 0.29) is 20.4 Å². The van der Waals surface area contributed by atoms with Crippen LogP contribution in [0.1, 0.15) is 33.1 Å². The molecule has 1 radical (unpaired) electrons. The Kier molecular flexibility index (Phi) is 13.1. The van der Waals surface area contributed by atoms with Gasteiger partial charge in [-0.1, -0.05) is 57.6 Å². The van der Waals surface area contributed by atoms with Crippen LogP contribution in [0.5, 0.6) is 0 Å². The second kappa shape index (κ2) is 12.2. The minimum absolute atomic E-state index is 0. The van der Waals surface area contributed by atoms with E-state index in [1.165, 1.54) is 19.3 Å². The van der Waals surface area contributed by atoms with Crippen LogP contribution in [-0.2, 0) is 20.4 Å². The zero-order valence-electron chi connectivity index (χ0n) is 12.2. The van der Waals surface area contributed by atoms with E-state index in [9.17, 15) is 0 Å². The summed E-state index contributed by atoms with van der Waals surface area (Å²) in [5, 5.41) is 0. The Morgan fingerprint density at radius 2 is 1.68 bits per heavy atom. The Balaban J connectivity index is 0. The third kappa shape index (κ3) is 9.65. The molecule has 0 aromatic heterocycles. The first-order valence-corrected chi connectivity index (χ1v) is 6.47. The minimum atomic E-state index is 0. The normalized spacial score (nSPS) is 12.1. The van der Waals surface area contributed by atoms with Crippen molar-refractivity contribution in [1.82, 2.24) is 0 Å². The Morgan fingerprint density at radius 1 is 1.11 bits per heavy atom. The van der Waals surface area contributed by atoms with Crippen molar-refractivity contribution >= 4 is 0 Å². The number of rotatable bonds is 9. The second-order valence-electron chi connectivity index (χ2n) is 4.54. The molecule has 0 spiro atoms. The van der Waals surface area contributed by atoms with Crippen LogP contribution < -0.4 is 0 Å². The van der Waals surface area contributed by atoms with Crippen LogP contribution in [0.3, 0.4) is 0 Å². The Hall–Kier alpha value is -0.898. The summed E-state index contributed by atoms with van der Waals surface area (Å²) >= 11 is 0. The van der Waals surface area contributed by atoms with E-state index in [0.29, 0.717) is 5.92 Å². The molecule has 0 aromatic rings. The third-order valence-electron chi connectivity index (χ3n) is 2.94. The standard InChI is InChI=1S/C18H25.Re/c1-7-9-11-15(3)17(5)13-14-18(6)16(4)12-10-8-2;/h9,11,13-14,16H,1,3,5-6,8,10,12H2,2,4H3;/q-1;/b11-9-,14-13-;. The quantitative estimate of drug-likeness (QED) is 0.333. The number of allylic oxidation sites excluding steroid dienone is 8. The first kappa shape index (κ1) is 20.4. The summed E-state index contributed by atoms with van der Waals surface area (Å²) in [6.45, 7) is 19.9. The van der Waals surface area contributed by atoms with Gasteiger partial charge in [-0.25, -0.2) is 12.2 Å². The van der Waals surface area contributed by atoms with Gasteiger partial charge in [-0.3, -0.25) is 6.08 Å². The molecular weight excluding hydrogens is 402 g/mol. The van der Waals surface area contributed by atoms with Gasteiger partial charge >= 0.3 is 0 Å². The fourth-order valence-corrected chi connectivity index (χ4v) is 1.44. The molecule has 0 aliphatic rings. The van der Waals surface area contributed by atoms with Crippen molar-refractivity contribution in [3.05, 3.63) is 73.4 Å². The van der Waals surface area contributed by atoms with Crippen LogP contribution in [-0.4, -0.2) is 0 Å². The van der Waals surface area contributed by atoms with Crippen molar-refractivity contribution in [1.29, 1.82) is 0 Å². The molecule has 1 unspecified atom stereocenters. The largest absolute Gasteiger partial charge is 0.258 e. The van der Waals surface area contributed by atoms with Gasteiger partial charge in [0.05, 0.1) is 0 Å². The molecule has 0 bridgehead atoms. The molecule has 105 valence electrons. The number of hydrogen-bond donors (Lipinski definition) is 0. The van der Waals surface area contributed by atoms with Crippen LogP contribution in [0.15, 0.2) is 67.3 Å². The average Bonchev–Trinajstić information content (AvgIpc) is 2.38. The predicted molar refractivity (Wildman–Crippen MR) is 83.3 cm³/mol. The minimum Gasteiger partial charge on any atom is -0.258 e. The molecule has 0 aromatic carbocycles. The van der Waals surface area contributed by atoms with Gasteiger partial charge < -0.3 is 0 Å². The number of unbranched alkanes of at least 4 members (excludes halogenated alkanes) is 1. The Bertz CT molecular complexity index is 369. The van der Waals surface area contributed by atoms with Crippen LogP contribution in [0.25, 0.3) is 0 Å². The third-order valence-corrected chi connectivity index (χ3v) is 2.94. The van der Waals surface area contributed by atoms with Gasteiger partial charge in [0, 0.05) is 20.4 Å². The van der Waals surface area contributed by atoms with Gasteiger partial charge in [-0.2, -0.15) is 6.58 Å². The van der Waals surface area contributed by atoms with Crippen LogP contribution in [0, 0.1) is 12.0 Å². The average molecular weight is 428 g/mol. The topological polar surface area (TPSA) is 0 Å². The van der Waals surface area contributed by atoms with E-state index in [1.54, 1.807) is 6.08 Å². The molecular formula is C18H25Re-. The van der Waals surface area contributed by atoms with Crippen molar-refractivity contribution in [2.45, 2.75) is 33.1 Å². The van der Waals surface area contributed by atoms with Gasteiger partial charge in [-0.15, -0.1) is 12.2 Å². The van der Waals surface area contributed by atoms with Gasteiger partial charge in [0.2, 0.25) is 0 Å². The van der Waals surface area contributed by atoms with Crippen molar-refractivity contribution in [2.75, 3.05) is 0 Å². The SMILES string of the molecule is C=[C-]/C=C\C(=C)C(=C)/C=C\C(=C)C(C)CCCC.[Re]. The summed E-state index contributed by atoms with van der Waals surface area (Å²) < 4.78 is 0. The fourth-order valence-electron chi connectivity index (χ4n) is 1.44. The summed E-state index contributed by atoms with van der Waals surface area (Å²) in [5.74, 6) is 0.527. The maximum atomic E-state index is 4.10. The first-order valence-electron chi connectivity index (χ1n) is 6.47. The van der Waals surface area contributed by atoms with E-state index in [1.807, 2.05) is 18.2 Å². The second-order valence-corrected chi connectivity index (χ2v) is 4.54. The molecule has 0 saturated heterocycles. The summed E-state index contributed by atoms with van der Waals surface area (Å²) in [5.41, 5.74) is 2.92. The fraction of sp³-hybridized carbons (Fsp3) is 0.333. The zero-order valence-corrected chi connectivity index (χ0v) is 14.9. The van der Waals surface area contributed by atoms with Crippen molar-refractivity contribution < 1.29 is 20.4 Å². The van der Waals surface area contributed by atoms with E-state index in [0.717, 1.165) is 16.7 Å². The van der Waals surface area contributed by atoms with Crippen molar-refractivity contribution in [2.24, 2.45) is 5.92 Å². The van der Waals surface area contributed by atoms with Crippen molar-refractivity contribution in [3.8, 4) is 0 Å². The maximum absolute atomic E-state index is 4.10. The predicted octanol–water partition coefficient (Wildman–Crippen LogP) is 5.58. The Morgan fingerprint density at radius 3 is 2.21 bits per heavy atom. The van der Waals surface area contributed by atoms with Gasteiger partial charge in [0.25, 0.3) is 0 Å². The molecule has 0 N–H and O–H groups in total. The monoisotopic (exact) mass is 428 g/mol. The molecule has 0 aliphatic carbocycles. The van der Waals surface area contributed by atoms with Crippen LogP contribution >= 0.6 is 0 Å². The van der Waals surface area contributed by atoms with E-state index in [2.05, 4.69) is 46.2 Å². The zero-order chi connectivity index (χ0) is 14.0. The summed E-state index contributed by atoms with van der Waals surface area (Å²) in [6, 6.07) is 0. The molecule has 0 rings (SSSR count). The molecule has 0 nitrogen and oxygen atoms in total. The van der Waals surface area contributed by atoms with E-state index < -0.39 is 0 Å².